The Balaban J connectivity index is 1.23. The van der Waals surface area contributed by atoms with Gasteiger partial charge in [0, 0.05) is 37.3 Å². The third-order valence-electron chi connectivity index (χ3n) is 8.33. The van der Waals surface area contributed by atoms with Crippen LogP contribution in [-0.2, 0) is 29.8 Å². The van der Waals surface area contributed by atoms with E-state index >= 15 is 0 Å². The molecule has 5 aromatic rings. The number of rotatable bonds is 10. The van der Waals surface area contributed by atoms with Gasteiger partial charge in [-0.15, -0.1) is 0 Å². The highest BCUT2D eigenvalue weighted by Gasteiger charge is 2.36. The predicted molar refractivity (Wildman–Crippen MR) is 182 cm³/mol. The van der Waals surface area contributed by atoms with Gasteiger partial charge >= 0.3 is 5.97 Å². The summed E-state index contributed by atoms with van der Waals surface area (Å²) in [5.74, 6) is 0.554. The van der Waals surface area contributed by atoms with Gasteiger partial charge in [-0.25, -0.2) is 0 Å². The number of aliphatic hydroxyl groups is 1. The van der Waals surface area contributed by atoms with Crippen molar-refractivity contribution in [1.82, 2.24) is 14.8 Å². The standard InChI is InChI=1S/C38H42N4O5/c1-37(2,3)47-34(43)24-38(44)19-21-42(22-20-38)29-15-16-30-32(23-29)41(4)40-35(30)31-17-18-33(45-25-27-11-7-5-8-12-27)39-36(31)46-26-28-13-9-6-10-14-28/h5-18,23,44H,19-22,24-26H2,1-4H3. The SMILES string of the molecule is Cn1nc(-c2ccc(OCc3ccccc3)nc2OCc2ccccc2)c2ccc(N3CCC(O)(CC(=O)OC(C)(C)C)CC3)cc21. The number of pyridine rings is 1. The van der Waals surface area contributed by atoms with E-state index in [0.717, 1.165) is 39.0 Å². The Kier molecular flexibility index (Phi) is 9.18. The number of anilines is 1. The van der Waals surface area contributed by atoms with E-state index in [1.807, 2.05) is 105 Å². The lowest BCUT2D eigenvalue weighted by Crippen LogP contribution is -2.46. The van der Waals surface area contributed by atoms with Crippen molar-refractivity contribution in [1.29, 1.82) is 0 Å². The van der Waals surface area contributed by atoms with E-state index in [1.165, 1.54) is 0 Å². The van der Waals surface area contributed by atoms with Crippen molar-refractivity contribution in [3.8, 4) is 23.0 Å². The summed E-state index contributed by atoms with van der Waals surface area (Å²) in [7, 11) is 1.93. The van der Waals surface area contributed by atoms with Crippen molar-refractivity contribution >= 4 is 22.6 Å². The lowest BCUT2D eigenvalue weighted by Gasteiger charge is -2.39. The minimum Gasteiger partial charge on any atom is -0.473 e. The van der Waals surface area contributed by atoms with Gasteiger partial charge in [-0.2, -0.15) is 10.1 Å². The lowest BCUT2D eigenvalue weighted by atomic mass is 9.88. The summed E-state index contributed by atoms with van der Waals surface area (Å²) in [4.78, 5) is 19.4. The summed E-state index contributed by atoms with van der Waals surface area (Å²) in [5.41, 5.74) is 3.99. The fraction of sp³-hybridized carbons (Fsp3) is 0.342. The number of aromatic nitrogens is 3. The normalized spacial score (nSPS) is 14.6. The molecule has 2 aromatic heterocycles. The van der Waals surface area contributed by atoms with Crippen molar-refractivity contribution in [2.45, 2.75) is 64.4 Å². The first-order valence-electron chi connectivity index (χ1n) is 16.1. The van der Waals surface area contributed by atoms with Crippen LogP contribution in [0.25, 0.3) is 22.2 Å². The highest BCUT2D eigenvalue weighted by Crippen LogP contribution is 2.37. The van der Waals surface area contributed by atoms with E-state index in [9.17, 15) is 9.90 Å². The van der Waals surface area contributed by atoms with Crippen LogP contribution < -0.4 is 14.4 Å². The van der Waals surface area contributed by atoms with Crippen molar-refractivity contribution < 1.29 is 24.1 Å². The van der Waals surface area contributed by atoms with Gasteiger partial charge in [-0.1, -0.05) is 60.7 Å². The van der Waals surface area contributed by atoms with Gasteiger partial charge in [-0.3, -0.25) is 9.48 Å². The predicted octanol–water partition coefficient (Wildman–Crippen LogP) is 6.86. The zero-order valence-corrected chi connectivity index (χ0v) is 27.5. The quantitative estimate of drug-likeness (QED) is 0.167. The van der Waals surface area contributed by atoms with E-state index in [2.05, 4.69) is 23.1 Å². The van der Waals surface area contributed by atoms with Crippen LogP contribution in [0.15, 0.2) is 91.0 Å². The van der Waals surface area contributed by atoms with E-state index in [-0.39, 0.29) is 12.4 Å². The number of piperidine rings is 1. The Bertz CT molecular complexity index is 1820. The summed E-state index contributed by atoms with van der Waals surface area (Å²) < 4.78 is 19.7. The van der Waals surface area contributed by atoms with Crippen LogP contribution in [0.3, 0.4) is 0 Å². The molecule has 0 radical (unpaired) electrons. The number of aryl methyl sites for hydroxylation is 1. The van der Waals surface area contributed by atoms with Gasteiger partial charge in [0.25, 0.3) is 0 Å². The van der Waals surface area contributed by atoms with E-state index in [1.54, 1.807) is 0 Å². The molecule has 0 aliphatic carbocycles. The largest absolute Gasteiger partial charge is 0.473 e. The molecule has 0 atom stereocenters. The van der Waals surface area contributed by atoms with E-state index in [0.29, 0.717) is 50.9 Å². The first-order valence-corrected chi connectivity index (χ1v) is 16.1. The van der Waals surface area contributed by atoms with Crippen LogP contribution in [0.1, 0.15) is 51.2 Å². The Hall–Kier alpha value is -4.89. The molecule has 6 rings (SSSR count). The zero-order chi connectivity index (χ0) is 33.0. The van der Waals surface area contributed by atoms with Gasteiger partial charge in [0.2, 0.25) is 11.8 Å². The maximum atomic E-state index is 12.4. The van der Waals surface area contributed by atoms with Crippen LogP contribution in [0, 0.1) is 0 Å². The second-order valence-corrected chi connectivity index (χ2v) is 13.2. The maximum absolute atomic E-state index is 12.4. The lowest BCUT2D eigenvalue weighted by molar-refractivity contribution is -0.161. The van der Waals surface area contributed by atoms with Crippen LogP contribution in [-0.4, -0.2) is 50.1 Å². The van der Waals surface area contributed by atoms with Crippen molar-refractivity contribution in [2.75, 3.05) is 18.0 Å². The van der Waals surface area contributed by atoms with Crippen LogP contribution in [0.5, 0.6) is 11.8 Å². The molecule has 1 N–H and O–H groups in total. The van der Waals surface area contributed by atoms with Crippen LogP contribution in [0.4, 0.5) is 5.69 Å². The fourth-order valence-corrected chi connectivity index (χ4v) is 5.90. The van der Waals surface area contributed by atoms with Gasteiger partial charge in [-0.05, 0) is 69.0 Å². The molecule has 9 heteroatoms. The Labute approximate surface area is 275 Å². The molecule has 0 unspecified atom stereocenters. The topological polar surface area (TPSA) is 98.9 Å². The molecule has 0 saturated carbocycles. The van der Waals surface area contributed by atoms with E-state index < -0.39 is 11.2 Å². The number of benzene rings is 3. The number of carbonyl (C=O) groups is 1. The molecule has 0 amide bonds. The van der Waals surface area contributed by atoms with Crippen molar-refractivity contribution in [2.24, 2.45) is 7.05 Å². The molecular weight excluding hydrogens is 592 g/mol. The molecule has 3 heterocycles. The highest BCUT2D eigenvalue weighted by atomic mass is 16.6. The Morgan fingerprint density at radius 3 is 2.15 bits per heavy atom. The number of ether oxygens (including phenoxy) is 3. The molecule has 9 nitrogen and oxygen atoms in total. The average molecular weight is 635 g/mol. The van der Waals surface area contributed by atoms with Crippen molar-refractivity contribution in [3.63, 3.8) is 0 Å². The highest BCUT2D eigenvalue weighted by molar-refractivity contribution is 5.96. The third-order valence-corrected chi connectivity index (χ3v) is 8.33. The summed E-state index contributed by atoms with van der Waals surface area (Å²) in [6, 6.07) is 30.1. The number of nitrogens with zero attached hydrogens (tertiary/aromatic N) is 4. The molecule has 1 aliphatic rings. The van der Waals surface area contributed by atoms with Gasteiger partial charge in [0.05, 0.1) is 23.1 Å². The molecule has 1 saturated heterocycles. The first kappa shape index (κ1) is 32.1. The zero-order valence-electron chi connectivity index (χ0n) is 27.5. The van der Waals surface area contributed by atoms with Gasteiger partial charge < -0.3 is 24.2 Å². The van der Waals surface area contributed by atoms with Crippen LogP contribution in [0.2, 0.25) is 0 Å². The number of esters is 1. The van der Waals surface area contributed by atoms with Crippen molar-refractivity contribution in [3.05, 3.63) is 102 Å². The molecule has 1 fully saturated rings. The number of hydrogen-bond acceptors (Lipinski definition) is 8. The fourth-order valence-electron chi connectivity index (χ4n) is 5.90. The minimum atomic E-state index is -1.07. The van der Waals surface area contributed by atoms with Gasteiger partial charge in [0.1, 0.15) is 24.5 Å². The monoisotopic (exact) mass is 634 g/mol. The van der Waals surface area contributed by atoms with Crippen LogP contribution >= 0.6 is 0 Å². The summed E-state index contributed by atoms with van der Waals surface area (Å²) >= 11 is 0. The second-order valence-electron chi connectivity index (χ2n) is 13.2. The smallest absolute Gasteiger partial charge is 0.309 e. The van der Waals surface area contributed by atoms with E-state index in [4.69, 9.17) is 24.3 Å². The molecular formula is C38H42N4O5. The number of fused-ring (bicyclic) bond motifs is 1. The second kappa shape index (κ2) is 13.5. The molecule has 0 bridgehead atoms. The third kappa shape index (κ3) is 7.92. The summed E-state index contributed by atoms with van der Waals surface area (Å²) in [5, 5.41) is 17.0. The Morgan fingerprint density at radius 2 is 1.51 bits per heavy atom. The molecule has 47 heavy (non-hydrogen) atoms. The molecule has 244 valence electrons. The Morgan fingerprint density at radius 1 is 0.872 bits per heavy atom. The summed E-state index contributed by atoms with van der Waals surface area (Å²) in [6.07, 6.45) is 0.960. The number of hydrogen-bond donors (Lipinski definition) is 1. The average Bonchev–Trinajstić information content (AvgIpc) is 3.38. The molecule has 3 aromatic carbocycles. The first-order chi connectivity index (χ1) is 22.6. The molecule has 0 spiro atoms. The summed E-state index contributed by atoms with van der Waals surface area (Å²) in [6.45, 7) is 7.52. The maximum Gasteiger partial charge on any atom is 0.309 e. The van der Waals surface area contributed by atoms with Gasteiger partial charge in [0.15, 0.2) is 0 Å². The number of carbonyl (C=O) groups excluding carboxylic acids is 1. The molecule has 1 aliphatic heterocycles. The minimum absolute atomic E-state index is 0.00102.